The summed E-state index contributed by atoms with van der Waals surface area (Å²) >= 11 is 17.7. The van der Waals surface area contributed by atoms with Crippen molar-refractivity contribution in [2.75, 3.05) is 6.54 Å². The van der Waals surface area contributed by atoms with E-state index >= 15 is 0 Å². The summed E-state index contributed by atoms with van der Waals surface area (Å²) in [6.07, 6.45) is 3.92. The Hall–Kier alpha value is -0.000000000000000111. The highest BCUT2D eigenvalue weighted by atomic mass is 35.5. The topological polar surface area (TPSA) is 46.2 Å². The zero-order chi connectivity index (χ0) is 14.8. The number of benzene rings is 1. The minimum Gasteiger partial charge on any atom is -0.211 e. The molecule has 0 heterocycles. The van der Waals surface area contributed by atoms with Crippen LogP contribution in [0.4, 0.5) is 0 Å². The maximum absolute atomic E-state index is 12.2. The molecule has 0 aliphatic heterocycles. The zero-order valence-corrected chi connectivity index (χ0v) is 13.9. The monoisotopic (exact) mass is 355 g/mol. The first-order valence-electron chi connectivity index (χ1n) is 6.47. The molecule has 1 aromatic carbocycles. The van der Waals surface area contributed by atoms with Crippen molar-refractivity contribution >= 4 is 44.8 Å². The quantitative estimate of drug-likeness (QED) is 0.827. The van der Waals surface area contributed by atoms with E-state index in [0.29, 0.717) is 17.5 Å². The van der Waals surface area contributed by atoms with Gasteiger partial charge in [-0.15, -0.1) is 11.6 Å². The van der Waals surface area contributed by atoms with E-state index < -0.39 is 10.0 Å². The van der Waals surface area contributed by atoms with Gasteiger partial charge in [0.2, 0.25) is 10.0 Å². The van der Waals surface area contributed by atoms with Gasteiger partial charge in [-0.2, -0.15) is 0 Å². The molecule has 7 heteroatoms. The van der Waals surface area contributed by atoms with Crippen molar-refractivity contribution in [3.63, 3.8) is 0 Å². The second kappa shape index (κ2) is 6.84. The lowest BCUT2D eigenvalue weighted by molar-refractivity contribution is 0.361. The molecular formula is C13H16Cl3NO2S. The third-order valence-electron chi connectivity index (χ3n) is 3.48. The van der Waals surface area contributed by atoms with Crippen LogP contribution in [0, 0.1) is 5.92 Å². The Labute approximate surface area is 134 Å². The van der Waals surface area contributed by atoms with Crippen molar-refractivity contribution in [2.45, 2.75) is 36.0 Å². The van der Waals surface area contributed by atoms with Gasteiger partial charge in [-0.3, -0.25) is 0 Å². The van der Waals surface area contributed by atoms with Crippen LogP contribution in [0.5, 0.6) is 0 Å². The molecule has 1 aromatic rings. The molecule has 3 nitrogen and oxygen atoms in total. The molecule has 1 aliphatic rings. The third kappa shape index (κ3) is 4.25. The Balaban J connectivity index is 2.01. The maximum Gasteiger partial charge on any atom is 0.240 e. The number of nitrogens with one attached hydrogen (secondary N) is 1. The summed E-state index contributed by atoms with van der Waals surface area (Å²) in [4.78, 5) is 0.130. The van der Waals surface area contributed by atoms with E-state index in [0.717, 1.165) is 25.7 Å². The van der Waals surface area contributed by atoms with Crippen molar-refractivity contribution in [1.29, 1.82) is 0 Å². The number of halogens is 3. The highest BCUT2D eigenvalue weighted by Gasteiger charge is 2.23. The second-order valence-corrected chi connectivity index (χ2v) is 8.26. The van der Waals surface area contributed by atoms with Crippen molar-refractivity contribution in [3.8, 4) is 0 Å². The average Bonchev–Trinajstić information content (AvgIpc) is 2.40. The number of sulfonamides is 1. The summed E-state index contributed by atoms with van der Waals surface area (Å²) in [6, 6.07) is 4.28. The highest BCUT2D eigenvalue weighted by molar-refractivity contribution is 7.89. The lowest BCUT2D eigenvalue weighted by atomic mass is 9.89. The smallest absolute Gasteiger partial charge is 0.211 e. The molecule has 20 heavy (non-hydrogen) atoms. The molecule has 0 saturated heterocycles. The van der Waals surface area contributed by atoms with Crippen molar-refractivity contribution < 1.29 is 8.42 Å². The molecule has 1 fully saturated rings. The number of rotatable bonds is 4. The Morgan fingerprint density at radius 3 is 2.60 bits per heavy atom. The van der Waals surface area contributed by atoms with Crippen LogP contribution in [0.3, 0.4) is 0 Å². The first kappa shape index (κ1) is 16.4. The summed E-state index contributed by atoms with van der Waals surface area (Å²) in [5.74, 6) is 0.295. The SMILES string of the molecule is O=S(=O)(NCC1CCCC(Cl)C1)c1ccc(Cl)c(Cl)c1. The number of hydrogen-bond donors (Lipinski definition) is 1. The molecule has 2 unspecified atom stereocenters. The second-order valence-electron chi connectivity index (χ2n) is 5.06. The van der Waals surface area contributed by atoms with E-state index in [2.05, 4.69) is 4.72 Å². The Morgan fingerprint density at radius 2 is 1.95 bits per heavy atom. The van der Waals surface area contributed by atoms with E-state index in [1.165, 1.54) is 18.2 Å². The normalized spacial score (nSPS) is 23.8. The summed E-state index contributed by atoms with van der Waals surface area (Å²) < 4.78 is 27.0. The third-order valence-corrected chi connectivity index (χ3v) is 6.04. The Bertz CT molecular complexity index is 577. The van der Waals surface area contributed by atoms with Crippen LogP contribution >= 0.6 is 34.8 Å². The highest BCUT2D eigenvalue weighted by Crippen LogP contribution is 2.28. The predicted molar refractivity (Wildman–Crippen MR) is 83.2 cm³/mol. The van der Waals surface area contributed by atoms with Gasteiger partial charge in [0.1, 0.15) is 0 Å². The Morgan fingerprint density at radius 1 is 1.20 bits per heavy atom. The van der Waals surface area contributed by atoms with Crippen molar-refractivity contribution in [2.24, 2.45) is 5.92 Å². The predicted octanol–water partition coefficient (Wildman–Crippen LogP) is 4.07. The molecule has 0 spiro atoms. The zero-order valence-electron chi connectivity index (χ0n) is 10.8. The van der Waals surface area contributed by atoms with Crippen molar-refractivity contribution in [3.05, 3.63) is 28.2 Å². The summed E-state index contributed by atoms with van der Waals surface area (Å²) in [7, 11) is -3.55. The van der Waals surface area contributed by atoms with Gasteiger partial charge in [0, 0.05) is 11.9 Å². The van der Waals surface area contributed by atoms with E-state index in [9.17, 15) is 8.42 Å². The van der Waals surface area contributed by atoms with Crippen LogP contribution in [0.2, 0.25) is 10.0 Å². The van der Waals surface area contributed by atoms with Crippen LogP contribution in [-0.4, -0.2) is 20.3 Å². The molecule has 1 saturated carbocycles. The van der Waals surface area contributed by atoms with Gasteiger partial charge < -0.3 is 0 Å². The van der Waals surface area contributed by atoms with Crippen LogP contribution in [0.1, 0.15) is 25.7 Å². The molecule has 2 atom stereocenters. The summed E-state index contributed by atoms with van der Waals surface area (Å²) in [5, 5.41) is 0.721. The fourth-order valence-corrected chi connectivity index (χ4v) is 4.28. The molecule has 0 aromatic heterocycles. The van der Waals surface area contributed by atoms with E-state index in [1.54, 1.807) is 0 Å². The molecule has 2 rings (SSSR count). The first-order chi connectivity index (χ1) is 9.38. The van der Waals surface area contributed by atoms with Gasteiger partial charge in [0.25, 0.3) is 0 Å². The van der Waals surface area contributed by atoms with Crippen LogP contribution in [0.25, 0.3) is 0 Å². The molecule has 1 N–H and O–H groups in total. The van der Waals surface area contributed by atoms with Crippen LogP contribution in [0.15, 0.2) is 23.1 Å². The molecule has 0 bridgehead atoms. The summed E-state index contributed by atoms with van der Waals surface area (Å²) in [5.41, 5.74) is 0. The maximum atomic E-state index is 12.2. The number of alkyl halides is 1. The van der Waals surface area contributed by atoms with Crippen molar-refractivity contribution in [1.82, 2.24) is 4.72 Å². The van der Waals surface area contributed by atoms with Gasteiger partial charge in [-0.25, -0.2) is 13.1 Å². The Kier molecular flexibility index (Phi) is 5.60. The minimum atomic E-state index is -3.55. The lowest BCUT2D eigenvalue weighted by Gasteiger charge is -2.25. The fourth-order valence-electron chi connectivity index (χ4n) is 2.37. The molecular weight excluding hydrogens is 341 g/mol. The van der Waals surface area contributed by atoms with Gasteiger partial charge in [-0.05, 0) is 43.4 Å². The number of hydrogen-bond acceptors (Lipinski definition) is 2. The van der Waals surface area contributed by atoms with Crippen LogP contribution < -0.4 is 4.72 Å². The standard InChI is InChI=1S/C13H16Cl3NO2S/c14-10-3-1-2-9(6-10)8-17-20(18,19)11-4-5-12(15)13(16)7-11/h4-5,7,9-10,17H,1-3,6,8H2. The van der Waals surface area contributed by atoms with E-state index in [-0.39, 0.29) is 15.3 Å². The van der Waals surface area contributed by atoms with E-state index in [1.807, 2.05) is 0 Å². The first-order valence-corrected chi connectivity index (χ1v) is 9.15. The minimum absolute atomic E-state index is 0.130. The lowest BCUT2D eigenvalue weighted by Crippen LogP contribution is -2.32. The molecule has 1 aliphatic carbocycles. The van der Waals surface area contributed by atoms with Gasteiger partial charge in [0.15, 0.2) is 0 Å². The van der Waals surface area contributed by atoms with Gasteiger partial charge in [0.05, 0.1) is 14.9 Å². The van der Waals surface area contributed by atoms with Crippen LogP contribution in [-0.2, 0) is 10.0 Å². The van der Waals surface area contributed by atoms with Gasteiger partial charge >= 0.3 is 0 Å². The summed E-state index contributed by atoms with van der Waals surface area (Å²) in [6.45, 7) is 0.409. The largest absolute Gasteiger partial charge is 0.240 e. The molecule has 0 radical (unpaired) electrons. The van der Waals surface area contributed by atoms with Gasteiger partial charge in [-0.1, -0.05) is 29.6 Å². The fraction of sp³-hybridized carbons (Fsp3) is 0.538. The van der Waals surface area contributed by atoms with E-state index in [4.69, 9.17) is 34.8 Å². The molecule has 0 amide bonds. The average molecular weight is 357 g/mol. The molecule has 112 valence electrons.